The number of carbonyl (C=O) groups excluding carboxylic acids is 1. The van der Waals surface area contributed by atoms with Crippen molar-refractivity contribution in [2.75, 3.05) is 36.8 Å². The molecule has 0 radical (unpaired) electrons. The van der Waals surface area contributed by atoms with E-state index in [1.165, 1.54) is 12.8 Å². The lowest BCUT2D eigenvalue weighted by molar-refractivity contribution is 0.100. The number of rotatable bonds is 3. The number of primary amides is 1. The molecule has 0 unspecified atom stereocenters. The van der Waals surface area contributed by atoms with Crippen molar-refractivity contribution in [1.82, 2.24) is 4.90 Å². The summed E-state index contributed by atoms with van der Waals surface area (Å²) in [7, 11) is 0. The first-order chi connectivity index (χ1) is 9.15. The Morgan fingerprint density at radius 3 is 2.42 bits per heavy atom. The molecule has 0 bridgehead atoms. The van der Waals surface area contributed by atoms with Gasteiger partial charge in [-0.3, -0.25) is 9.69 Å². The molecular formula is C14H20N4O. The second-order valence-electron chi connectivity index (χ2n) is 5.39. The lowest BCUT2D eigenvalue weighted by Gasteiger charge is -2.36. The van der Waals surface area contributed by atoms with Crippen LogP contribution in [0.4, 0.5) is 11.4 Å². The van der Waals surface area contributed by atoms with Gasteiger partial charge in [-0.15, -0.1) is 0 Å². The minimum Gasteiger partial charge on any atom is -0.397 e. The van der Waals surface area contributed by atoms with E-state index in [-0.39, 0.29) is 0 Å². The fourth-order valence-electron chi connectivity index (χ4n) is 2.74. The summed E-state index contributed by atoms with van der Waals surface area (Å²) in [5.74, 6) is -0.405. The number of hydrogen-bond donors (Lipinski definition) is 2. The molecule has 1 saturated heterocycles. The van der Waals surface area contributed by atoms with Gasteiger partial charge in [0.25, 0.3) is 0 Å². The number of hydrogen-bond acceptors (Lipinski definition) is 4. The van der Waals surface area contributed by atoms with Crippen molar-refractivity contribution in [3.05, 3.63) is 23.8 Å². The first-order valence-corrected chi connectivity index (χ1v) is 6.83. The highest BCUT2D eigenvalue weighted by molar-refractivity contribution is 5.95. The van der Waals surface area contributed by atoms with E-state index in [1.54, 1.807) is 12.1 Å². The van der Waals surface area contributed by atoms with Gasteiger partial charge in [0.2, 0.25) is 5.91 Å². The van der Waals surface area contributed by atoms with Gasteiger partial charge in [0.1, 0.15) is 0 Å². The predicted molar refractivity (Wildman–Crippen MR) is 76.2 cm³/mol. The molecule has 2 fully saturated rings. The van der Waals surface area contributed by atoms with Crippen LogP contribution in [0.3, 0.4) is 0 Å². The third-order valence-electron chi connectivity index (χ3n) is 4.03. The van der Waals surface area contributed by atoms with Crippen LogP contribution in [0.15, 0.2) is 18.2 Å². The fourth-order valence-corrected chi connectivity index (χ4v) is 2.74. The fraction of sp³-hybridized carbons (Fsp3) is 0.500. The Kier molecular flexibility index (Phi) is 3.06. The minimum atomic E-state index is -0.405. The van der Waals surface area contributed by atoms with E-state index >= 15 is 0 Å². The molecule has 1 saturated carbocycles. The Labute approximate surface area is 113 Å². The number of amides is 1. The summed E-state index contributed by atoms with van der Waals surface area (Å²) in [5.41, 5.74) is 13.5. The summed E-state index contributed by atoms with van der Waals surface area (Å²) >= 11 is 0. The lowest BCUT2D eigenvalue weighted by Crippen LogP contribution is -2.47. The number of nitrogens with zero attached hydrogens (tertiary/aromatic N) is 2. The van der Waals surface area contributed by atoms with Crippen LogP contribution in [0.25, 0.3) is 0 Å². The maximum absolute atomic E-state index is 11.3. The van der Waals surface area contributed by atoms with Crippen molar-refractivity contribution < 1.29 is 4.79 Å². The highest BCUT2D eigenvalue weighted by Crippen LogP contribution is 2.30. The van der Waals surface area contributed by atoms with Crippen LogP contribution in [0.5, 0.6) is 0 Å². The standard InChI is InChI=1S/C14H20N4O/c15-12-4-1-10(14(16)19)9-13(12)18-7-5-17(6-8-18)11-2-3-11/h1,4,9,11H,2-3,5-8,15H2,(H2,16,19). The van der Waals surface area contributed by atoms with Crippen molar-refractivity contribution in [1.29, 1.82) is 0 Å². The smallest absolute Gasteiger partial charge is 0.248 e. The maximum atomic E-state index is 11.3. The van der Waals surface area contributed by atoms with E-state index in [0.717, 1.165) is 37.9 Å². The molecule has 102 valence electrons. The van der Waals surface area contributed by atoms with Crippen molar-refractivity contribution in [3.63, 3.8) is 0 Å². The molecule has 1 aliphatic heterocycles. The van der Waals surface area contributed by atoms with Crippen LogP contribution in [-0.2, 0) is 0 Å². The van der Waals surface area contributed by atoms with Crippen LogP contribution in [0, 0.1) is 0 Å². The van der Waals surface area contributed by atoms with Crippen molar-refractivity contribution in [2.45, 2.75) is 18.9 Å². The summed E-state index contributed by atoms with van der Waals surface area (Å²) < 4.78 is 0. The Balaban J connectivity index is 1.74. The SMILES string of the molecule is NC(=O)c1ccc(N)c(N2CCN(C3CC3)CC2)c1. The highest BCUT2D eigenvalue weighted by Gasteiger charge is 2.31. The van der Waals surface area contributed by atoms with Gasteiger partial charge in [-0.1, -0.05) is 0 Å². The maximum Gasteiger partial charge on any atom is 0.248 e. The number of nitrogen functional groups attached to an aromatic ring is 1. The van der Waals surface area contributed by atoms with Gasteiger partial charge in [-0.05, 0) is 31.0 Å². The van der Waals surface area contributed by atoms with Crippen molar-refractivity contribution >= 4 is 17.3 Å². The van der Waals surface area contributed by atoms with Crippen molar-refractivity contribution in [2.24, 2.45) is 5.73 Å². The monoisotopic (exact) mass is 260 g/mol. The zero-order valence-electron chi connectivity index (χ0n) is 11.0. The van der Waals surface area contributed by atoms with Crippen molar-refractivity contribution in [3.8, 4) is 0 Å². The summed E-state index contributed by atoms with van der Waals surface area (Å²) in [6.07, 6.45) is 2.69. The Bertz CT molecular complexity index is 490. The number of carbonyl (C=O) groups is 1. The number of anilines is 2. The summed E-state index contributed by atoms with van der Waals surface area (Å²) in [6, 6.07) is 6.07. The van der Waals surface area contributed by atoms with Gasteiger partial charge < -0.3 is 16.4 Å². The Morgan fingerprint density at radius 1 is 1.16 bits per heavy atom. The first-order valence-electron chi connectivity index (χ1n) is 6.83. The first kappa shape index (κ1) is 12.3. The normalized spacial score (nSPS) is 20.5. The molecular weight excluding hydrogens is 240 g/mol. The summed E-state index contributed by atoms with van der Waals surface area (Å²) in [6.45, 7) is 4.07. The van der Waals surface area contributed by atoms with Gasteiger partial charge in [0, 0.05) is 37.8 Å². The van der Waals surface area contributed by atoms with E-state index in [2.05, 4.69) is 9.80 Å². The highest BCUT2D eigenvalue weighted by atomic mass is 16.1. The largest absolute Gasteiger partial charge is 0.397 e. The molecule has 1 aromatic rings. The van der Waals surface area contributed by atoms with Crippen LogP contribution in [-0.4, -0.2) is 43.0 Å². The summed E-state index contributed by atoms with van der Waals surface area (Å²) in [5, 5.41) is 0. The van der Waals surface area contributed by atoms with Crippen LogP contribution >= 0.6 is 0 Å². The lowest BCUT2D eigenvalue weighted by atomic mass is 10.1. The molecule has 1 aliphatic carbocycles. The van der Waals surface area contributed by atoms with E-state index in [4.69, 9.17) is 11.5 Å². The number of nitrogens with two attached hydrogens (primary N) is 2. The second kappa shape index (κ2) is 4.74. The third kappa shape index (κ3) is 2.51. The van der Waals surface area contributed by atoms with Crippen LogP contribution in [0.1, 0.15) is 23.2 Å². The van der Waals surface area contributed by atoms with E-state index in [0.29, 0.717) is 11.3 Å². The second-order valence-corrected chi connectivity index (χ2v) is 5.39. The molecule has 5 heteroatoms. The average Bonchev–Trinajstić information content (AvgIpc) is 3.23. The zero-order valence-corrected chi connectivity index (χ0v) is 11.0. The van der Waals surface area contributed by atoms with Gasteiger partial charge >= 0.3 is 0 Å². The van der Waals surface area contributed by atoms with Gasteiger partial charge in [-0.2, -0.15) is 0 Å². The average molecular weight is 260 g/mol. The van der Waals surface area contributed by atoms with Crippen LogP contribution in [0.2, 0.25) is 0 Å². The summed E-state index contributed by atoms with van der Waals surface area (Å²) in [4.78, 5) is 16.0. The topological polar surface area (TPSA) is 75.6 Å². The third-order valence-corrected chi connectivity index (χ3v) is 4.03. The molecule has 19 heavy (non-hydrogen) atoms. The molecule has 5 nitrogen and oxygen atoms in total. The van der Waals surface area contributed by atoms with E-state index in [1.807, 2.05) is 6.07 Å². The molecule has 4 N–H and O–H groups in total. The molecule has 0 aromatic heterocycles. The molecule has 1 heterocycles. The predicted octanol–water partition coefficient (Wildman–Crippen LogP) is 0.652. The Hall–Kier alpha value is -1.75. The number of piperazine rings is 1. The zero-order chi connectivity index (χ0) is 13.4. The van der Waals surface area contributed by atoms with Crippen LogP contribution < -0.4 is 16.4 Å². The Morgan fingerprint density at radius 2 is 1.84 bits per heavy atom. The quantitative estimate of drug-likeness (QED) is 0.783. The molecule has 0 atom stereocenters. The van der Waals surface area contributed by atoms with Gasteiger partial charge in [-0.25, -0.2) is 0 Å². The number of benzene rings is 1. The molecule has 1 aromatic carbocycles. The van der Waals surface area contributed by atoms with Gasteiger partial charge in [0.05, 0.1) is 11.4 Å². The molecule has 3 rings (SSSR count). The molecule has 0 spiro atoms. The molecule has 2 aliphatic rings. The molecule has 1 amide bonds. The van der Waals surface area contributed by atoms with Gasteiger partial charge in [0.15, 0.2) is 0 Å². The minimum absolute atomic E-state index is 0.405. The van der Waals surface area contributed by atoms with E-state index in [9.17, 15) is 4.79 Å². The van der Waals surface area contributed by atoms with E-state index < -0.39 is 5.91 Å².